The predicted molar refractivity (Wildman–Crippen MR) is 185 cm³/mol. The van der Waals surface area contributed by atoms with E-state index < -0.39 is 0 Å². The van der Waals surface area contributed by atoms with Crippen LogP contribution in [-0.2, 0) is 13.1 Å². The zero-order valence-electron chi connectivity index (χ0n) is 27.3. The average Bonchev–Trinajstić information content (AvgIpc) is 3.10. The monoisotopic (exact) mass is 642 g/mol. The molecule has 3 aromatic carbocycles. The van der Waals surface area contributed by atoms with Crippen LogP contribution in [0.3, 0.4) is 0 Å². The van der Waals surface area contributed by atoms with Crippen LogP contribution in [0.5, 0.6) is 0 Å². The van der Waals surface area contributed by atoms with Crippen molar-refractivity contribution in [3.8, 4) is 0 Å². The van der Waals surface area contributed by atoms with E-state index in [1.807, 2.05) is 85.9 Å². The second kappa shape index (κ2) is 15.0. The highest BCUT2D eigenvalue weighted by Crippen LogP contribution is 2.21. The summed E-state index contributed by atoms with van der Waals surface area (Å²) >= 11 is 0. The number of nitrogens with zero attached hydrogens (tertiary/aromatic N) is 2. The minimum absolute atomic E-state index is 0.247. The van der Waals surface area contributed by atoms with Crippen LogP contribution >= 0.6 is 0 Å². The second-order valence-electron chi connectivity index (χ2n) is 11.3. The van der Waals surface area contributed by atoms with Crippen molar-refractivity contribution in [2.24, 2.45) is 0 Å². The molecule has 0 fully saturated rings. The van der Waals surface area contributed by atoms with Gasteiger partial charge in [0.1, 0.15) is 24.5 Å². The molecule has 48 heavy (non-hydrogen) atoms. The molecule has 0 aliphatic rings. The SMILES string of the molecule is CC[n+]1cccc(NC(=O)c2ccc(NC(=O)c3ccc(C(=O)Nc4ccc(C(=O)Nc5ccc[n+](CC)c5)cc4C)cc3)c(C)c2)c1. The first-order chi connectivity index (χ1) is 23.1. The molecule has 10 heteroatoms. The van der Waals surface area contributed by atoms with E-state index in [0.29, 0.717) is 45.0 Å². The lowest BCUT2D eigenvalue weighted by Crippen LogP contribution is -2.31. The first-order valence-corrected chi connectivity index (χ1v) is 15.7. The molecule has 242 valence electrons. The number of hydrogen-bond donors (Lipinski definition) is 4. The predicted octanol–water partition coefficient (Wildman–Crippen LogP) is 5.93. The van der Waals surface area contributed by atoms with Crippen LogP contribution in [0.15, 0.2) is 110 Å². The number of hydrogen-bond acceptors (Lipinski definition) is 4. The minimum Gasteiger partial charge on any atom is -0.322 e. The fourth-order valence-corrected chi connectivity index (χ4v) is 5.04. The van der Waals surface area contributed by atoms with E-state index in [4.69, 9.17) is 0 Å². The number of benzene rings is 3. The van der Waals surface area contributed by atoms with Crippen molar-refractivity contribution < 1.29 is 28.3 Å². The molecule has 0 bridgehead atoms. The molecule has 5 aromatic rings. The summed E-state index contributed by atoms with van der Waals surface area (Å²) in [7, 11) is 0. The summed E-state index contributed by atoms with van der Waals surface area (Å²) in [6.07, 6.45) is 7.58. The highest BCUT2D eigenvalue weighted by atomic mass is 16.2. The summed E-state index contributed by atoms with van der Waals surface area (Å²) in [6.45, 7) is 9.26. The van der Waals surface area contributed by atoms with Gasteiger partial charge in [-0.1, -0.05) is 0 Å². The molecule has 0 aliphatic heterocycles. The number of carbonyl (C=O) groups excluding carboxylic acids is 4. The van der Waals surface area contributed by atoms with E-state index in [9.17, 15) is 19.2 Å². The van der Waals surface area contributed by atoms with Gasteiger partial charge in [-0.15, -0.1) is 0 Å². The first-order valence-electron chi connectivity index (χ1n) is 15.7. The van der Waals surface area contributed by atoms with Gasteiger partial charge in [0.15, 0.2) is 24.8 Å². The van der Waals surface area contributed by atoms with Crippen LogP contribution in [-0.4, -0.2) is 23.6 Å². The van der Waals surface area contributed by atoms with Crippen molar-refractivity contribution in [2.45, 2.75) is 40.8 Å². The molecule has 5 rings (SSSR count). The molecule has 0 radical (unpaired) electrons. The van der Waals surface area contributed by atoms with Crippen molar-refractivity contribution in [2.75, 3.05) is 21.3 Å². The third-order valence-electron chi connectivity index (χ3n) is 7.85. The maximum Gasteiger partial charge on any atom is 0.255 e. The summed E-state index contributed by atoms with van der Waals surface area (Å²) < 4.78 is 3.93. The summed E-state index contributed by atoms with van der Waals surface area (Å²) in [5.41, 5.74) is 5.67. The Morgan fingerprint density at radius 3 is 1.21 bits per heavy atom. The van der Waals surface area contributed by atoms with Gasteiger partial charge in [-0.25, -0.2) is 9.13 Å². The molecule has 0 saturated carbocycles. The van der Waals surface area contributed by atoms with E-state index in [2.05, 4.69) is 21.3 Å². The van der Waals surface area contributed by atoms with Crippen LogP contribution in [0.4, 0.5) is 22.7 Å². The third kappa shape index (κ3) is 8.16. The Hall–Kier alpha value is -6.16. The molecule has 0 spiro atoms. The van der Waals surface area contributed by atoms with Crippen molar-refractivity contribution >= 4 is 46.4 Å². The van der Waals surface area contributed by atoms with Crippen LogP contribution in [0.25, 0.3) is 0 Å². The zero-order chi connectivity index (χ0) is 34.2. The van der Waals surface area contributed by atoms with E-state index in [-0.39, 0.29) is 23.6 Å². The summed E-state index contributed by atoms with van der Waals surface area (Å²) in [5.74, 6) is -1.19. The number of amides is 4. The van der Waals surface area contributed by atoms with Gasteiger partial charge < -0.3 is 21.3 Å². The van der Waals surface area contributed by atoms with E-state index >= 15 is 0 Å². The van der Waals surface area contributed by atoms with Crippen LogP contribution in [0, 0.1) is 13.8 Å². The summed E-state index contributed by atoms with van der Waals surface area (Å²) in [4.78, 5) is 51.6. The van der Waals surface area contributed by atoms with E-state index in [0.717, 1.165) is 24.2 Å². The highest BCUT2D eigenvalue weighted by Gasteiger charge is 2.15. The van der Waals surface area contributed by atoms with Crippen molar-refractivity contribution in [1.29, 1.82) is 0 Å². The first kappa shape index (κ1) is 33.2. The standard InChI is InChI=1S/C38H36N6O4/c1-5-43-19-7-9-31(23-43)39-37(47)29-15-17-33(25(3)21-29)41-35(45)27-11-13-28(14-12-27)36(46)42-34-18-16-30(22-26(34)4)38(48)40-32-10-8-20-44(6-2)24-32/h7-24H,5-6H2,1-4H3,(H2-2,39,40,41,42,45,46,47,48)/p+2. The van der Waals surface area contributed by atoms with Gasteiger partial charge >= 0.3 is 0 Å². The molecule has 4 N–H and O–H groups in total. The van der Waals surface area contributed by atoms with Gasteiger partial charge in [0.2, 0.25) is 0 Å². The van der Waals surface area contributed by atoms with Crippen molar-refractivity contribution in [3.05, 3.63) is 143 Å². The molecule has 4 amide bonds. The molecule has 10 nitrogen and oxygen atoms in total. The third-order valence-corrected chi connectivity index (χ3v) is 7.85. The zero-order valence-corrected chi connectivity index (χ0v) is 27.3. The summed E-state index contributed by atoms with van der Waals surface area (Å²) in [5, 5.41) is 11.6. The Labute approximate surface area is 279 Å². The van der Waals surface area contributed by atoms with Gasteiger partial charge in [0.05, 0.1) is 0 Å². The average molecular weight is 643 g/mol. The highest BCUT2D eigenvalue weighted by molar-refractivity contribution is 6.09. The minimum atomic E-state index is -0.347. The molecule has 0 aliphatic carbocycles. The molecule has 0 unspecified atom stereocenters. The largest absolute Gasteiger partial charge is 0.322 e. The summed E-state index contributed by atoms with van der Waals surface area (Å²) in [6, 6.07) is 23.9. The lowest BCUT2D eigenvalue weighted by atomic mass is 10.1. The number of anilines is 4. The molecule has 2 heterocycles. The van der Waals surface area contributed by atoms with E-state index in [1.54, 1.807) is 60.7 Å². The Morgan fingerprint density at radius 1 is 0.500 bits per heavy atom. The number of pyridine rings is 2. The maximum atomic E-state index is 13.0. The fraction of sp³-hybridized carbons (Fsp3) is 0.158. The molecule has 0 atom stereocenters. The molecular weight excluding hydrogens is 604 g/mol. The van der Waals surface area contributed by atoms with Gasteiger partial charge in [-0.3, -0.25) is 19.2 Å². The normalized spacial score (nSPS) is 10.6. The quantitative estimate of drug-likeness (QED) is 0.141. The van der Waals surface area contributed by atoms with Crippen LogP contribution < -0.4 is 30.4 Å². The smallest absolute Gasteiger partial charge is 0.255 e. The number of carbonyl (C=O) groups is 4. The van der Waals surface area contributed by atoms with Gasteiger partial charge in [-0.05, 0) is 112 Å². The lowest BCUT2D eigenvalue weighted by Gasteiger charge is -2.12. The van der Waals surface area contributed by atoms with E-state index in [1.165, 1.54) is 0 Å². The molecule has 2 aromatic heterocycles. The van der Waals surface area contributed by atoms with Crippen LogP contribution in [0.2, 0.25) is 0 Å². The second-order valence-corrected chi connectivity index (χ2v) is 11.3. The maximum absolute atomic E-state index is 13.0. The van der Waals surface area contributed by atoms with Gasteiger partial charge in [-0.2, -0.15) is 0 Å². The Morgan fingerprint density at radius 2 is 0.854 bits per heavy atom. The molecule has 0 saturated heterocycles. The van der Waals surface area contributed by atoms with Gasteiger partial charge in [0.25, 0.3) is 23.6 Å². The van der Waals surface area contributed by atoms with Crippen molar-refractivity contribution in [1.82, 2.24) is 0 Å². The fourth-order valence-electron chi connectivity index (χ4n) is 5.04. The molecular formula is C38H38N6O4+2. The van der Waals surface area contributed by atoms with Crippen molar-refractivity contribution in [3.63, 3.8) is 0 Å². The Balaban J connectivity index is 1.17. The topological polar surface area (TPSA) is 124 Å². The Kier molecular flexibility index (Phi) is 10.3. The number of aromatic nitrogens is 2. The number of nitrogens with one attached hydrogen (secondary N) is 4. The van der Waals surface area contributed by atoms with Gasteiger partial charge in [0, 0.05) is 45.8 Å². The Bertz CT molecular complexity index is 1860. The van der Waals surface area contributed by atoms with Crippen LogP contribution in [0.1, 0.15) is 66.4 Å². The lowest BCUT2D eigenvalue weighted by molar-refractivity contribution is -0.693. The number of rotatable bonds is 10. The number of aryl methyl sites for hydroxylation is 4.